The van der Waals surface area contributed by atoms with Crippen LogP contribution in [0.1, 0.15) is 15.6 Å². The Labute approximate surface area is 123 Å². The molecule has 20 heavy (non-hydrogen) atoms. The predicted molar refractivity (Wildman–Crippen MR) is 74.4 cm³/mol. The molecule has 0 radical (unpaired) electrons. The molecule has 10 heteroatoms. The molecule has 2 heterocycles. The summed E-state index contributed by atoms with van der Waals surface area (Å²) in [6.45, 7) is 0.283. The minimum Gasteiger partial charge on any atom is -0.465 e. The van der Waals surface area contributed by atoms with Crippen LogP contribution in [-0.2, 0) is 11.3 Å². The van der Waals surface area contributed by atoms with Crippen molar-refractivity contribution in [3.63, 3.8) is 0 Å². The molecular formula is C10H12ClN5O3S. The summed E-state index contributed by atoms with van der Waals surface area (Å²) in [6, 6.07) is 0. The Morgan fingerprint density at radius 3 is 2.85 bits per heavy atom. The van der Waals surface area contributed by atoms with E-state index in [2.05, 4.69) is 25.2 Å². The van der Waals surface area contributed by atoms with Crippen molar-refractivity contribution in [2.45, 2.75) is 6.54 Å². The van der Waals surface area contributed by atoms with E-state index >= 15 is 0 Å². The number of anilines is 2. The van der Waals surface area contributed by atoms with Gasteiger partial charge in [-0.25, -0.2) is 9.78 Å². The topological polar surface area (TPSA) is 93.4 Å². The number of halogens is 1. The fourth-order valence-corrected chi connectivity index (χ4v) is 2.34. The molecule has 0 unspecified atom stereocenters. The number of nitrogens with one attached hydrogen (secondary N) is 1. The van der Waals surface area contributed by atoms with E-state index in [-0.39, 0.29) is 16.6 Å². The van der Waals surface area contributed by atoms with Gasteiger partial charge >= 0.3 is 5.97 Å². The van der Waals surface area contributed by atoms with E-state index < -0.39 is 5.97 Å². The van der Waals surface area contributed by atoms with E-state index in [0.29, 0.717) is 17.0 Å². The van der Waals surface area contributed by atoms with Crippen LogP contribution in [0.4, 0.5) is 11.1 Å². The Morgan fingerprint density at radius 2 is 2.25 bits per heavy atom. The van der Waals surface area contributed by atoms with E-state index in [1.807, 2.05) is 14.1 Å². The van der Waals surface area contributed by atoms with Crippen LogP contribution >= 0.6 is 22.9 Å². The monoisotopic (exact) mass is 317 g/mol. The van der Waals surface area contributed by atoms with Crippen LogP contribution in [-0.4, -0.2) is 42.3 Å². The second-order valence-electron chi connectivity index (χ2n) is 3.87. The molecule has 2 aromatic heterocycles. The first-order chi connectivity index (χ1) is 9.51. The van der Waals surface area contributed by atoms with Crippen LogP contribution in [0.15, 0.2) is 4.52 Å². The highest BCUT2D eigenvalue weighted by Crippen LogP contribution is 2.27. The fraction of sp³-hybridized carbons (Fsp3) is 0.400. The zero-order valence-electron chi connectivity index (χ0n) is 11.0. The lowest BCUT2D eigenvalue weighted by Crippen LogP contribution is -2.10. The van der Waals surface area contributed by atoms with Gasteiger partial charge in [-0.2, -0.15) is 4.98 Å². The molecule has 0 aliphatic heterocycles. The van der Waals surface area contributed by atoms with Gasteiger partial charge in [0.2, 0.25) is 5.89 Å². The molecule has 0 amide bonds. The predicted octanol–water partition coefficient (Wildman–Crippen LogP) is 1.64. The molecule has 0 fully saturated rings. The molecule has 2 aromatic rings. The summed E-state index contributed by atoms with van der Waals surface area (Å²) in [6.07, 6.45) is 0. The molecular weight excluding hydrogens is 306 g/mol. The van der Waals surface area contributed by atoms with Crippen molar-refractivity contribution in [2.24, 2.45) is 0 Å². The van der Waals surface area contributed by atoms with Crippen LogP contribution in [0.5, 0.6) is 0 Å². The summed E-state index contributed by atoms with van der Waals surface area (Å²) < 4.78 is 9.64. The van der Waals surface area contributed by atoms with Crippen molar-refractivity contribution < 1.29 is 14.1 Å². The molecule has 0 saturated heterocycles. The zero-order valence-corrected chi connectivity index (χ0v) is 12.6. The van der Waals surface area contributed by atoms with Crippen molar-refractivity contribution in [1.29, 1.82) is 0 Å². The molecule has 2 rings (SSSR count). The number of nitrogens with zero attached hydrogens (tertiary/aromatic N) is 4. The number of rotatable bonds is 5. The van der Waals surface area contributed by atoms with Gasteiger partial charge in [-0.1, -0.05) is 22.9 Å². The lowest BCUT2D eigenvalue weighted by Gasteiger charge is -2.02. The number of carbonyl (C=O) groups excluding carboxylic acids is 1. The van der Waals surface area contributed by atoms with E-state index in [9.17, 15) is 4.79 Å². The Hall–Kier alpha value is -1.87. The minimum absolute atomic E-state index is 0.101. The summed E-state index contributed by atoms with van der Waals surface area (Å²) in [7, 11) is 4.91. The lowest BCUT2D eigenvalue weighted by molar-refractivity contribution is 0.0606. The smallest absolute Gasteiger partial charge is 0.351 e. The second kappa shape index (κ2) is 6.06. The van der Waals surface area contributed by atoms with E-state index in [1.54, 1.807) is 4.90 Å². The Kier molecular flexibility index (Phi) is 4.40. The maximum Gasteiger partial charge on any atom is 0.351 e. The first kappa shape index (κ1) is 14.5. The number of thiazole rings is 1. The van der Waals surface area contributed by atoms with Crippen LogP contribution in [0.25, 0.3) is 0 Å². The number of ether oxygens (including phenoxy) is 1. The maximum absolute atomic E-state index is 11.4. The molecule has 0 bridgehead atoms. The largest absolute Gasteiger partial charge is 0.465 e. The van der Waals surface area contributed by atoms with Crippen molar-refractivity contribution in [1.82, 2.24) is 15.1 Å². The van der Waals surface area contributed by atoms with Gasteiger partial charge in [-0.05, 0) is 5.16 Å². The normalized spacial score (nSPS) is 10.4. The summed E-state index contributed by atoms with van der Waals surface area (Å²) >= 11 is 6.94. The van der Waals surface area contributed by atoms with Gasteiger partial charge in [0, 0.05) is 14.1 Å². The Morgan fingerprint density at radius 1 is 1.50 bits per heavy atom. The third kappa shape index (κ3) is 3.17. The Bertz CT molecular complexity index is 612. The van der Waals surface area contributed by atoms with Crippen LogP contribution in [0, 0.1) is 0 Å². The van der Waals surface area contributed by atoms with E-state index in [4.69, 9.17) is 16.1 Å². The van der Waals surface area contributed by atoms with Gasteiger partial charge in [0.25, 0.3) is 5.95 Å². The quantitative estimate of drug-likeness (QED) is 0.832. The minimum atomic E-state index is -0.520. The van der Waals surface area contributed by atoms with Gasteiger partial charge in [-0.15, -0.1) is 0 Å². The highest BCUT2D eigenvalue weighted by molar-refractivity contribution is 7.18. The lowest BCUT2D eigenvalue weighted by atomic mass is 10.6. The number of hydrogen-bond donors (Lipinski definition) is 1. The van der Waals surface area contributed by atoms with Gasteiger partial charge in [0.15, 0.2) is 15.2 Å². The highest BCUT2D eigenvalue weighted by atomic mass is 35.5. The van der Waals surface area contributed by atoms with Crippen LogP contribution in [0.3, 0.4) is 0 Å². The standard InChI is InChI=1S/C10H12ClN5O3S/c1-16(2)9-13-5(19-15-9)4-12-10-14-7(11)6(20-10)8(17)18-3/h4H2,1-3H3,(H,12,14). The van der Waals surface area contributed by atoms with Crippen molar-refractivity contribution in [3.05, 3.63) is 15.9 Å². The molecule has 108 valence electrons. The van der Waals surface area contributed by atoms with Crippen LogP contribution < -0.4 is 10.2 Å². The molecule has 0 atom stereocenters. The van der Waals surface area contributed by atoms with Gasteiger partial charge < -0.3 is 19.5 Å². The van der Waals surface area contributed by atoms with Gasteiger partial charge in [-0.3, -0.25) is 0 Å². The number of carbonyl (C=O) groups is 1. The SMILES string of the molecule is COC(=O)c1sc(NCc2nc(N(C)C)no2)nc1Cl. The number of hydrogen-bond acceptors (Lipinski definition) is 9. The average molecular weight is 318 g/mol. The molecule has 0 spiro atoms. The third-order valence-electron chi connectivity index (χ3n) is 2.20. The summed E-state index contributed by atoms with van der Waals surface area (Å²) in [5.74, 6) is 0.363. The van der Waals surface area contributed by atoms with E-state index in [0.717, 1.165) is 11.3 Å². The first-order valence-corrected chi connectivity index (χ1v) is 6.69. The first-order valence-electron chi connectivity index (χ1n) is 5.49. The second-order valence-corrected chi connectivity index (χ2v) is 5.22. The zero-order chi connectivity index (χ0) is 14.7. The molecule has 0 aliphatic rings. The highest BCUT2D eigenvalue weighted by Gasteiger charge is 2.17. The summed E-state index contributed by atoms with van der Waals surface area (Å²) in [5.41, 5.74) is 0. The third-order valence-corrected chi connectivity index (χ3v) is 3.58. The molecule has 0 saturated carbocycles. The van der Waals surface area contributed by atoms with Gasteiger partial charge in [0.1, 0.15) is 0 Å². The molecule has 1 N–H and O–H groups in total. The summed E-state index contributed by atoms with van der Waals surface area (Å²) in [5, 5.41) is 7.30. The van der Waals surface area contributed by atoms with Crippen molar-refractivity contribution in [3.8, 4) is 0 Å². The molecule has 8 nitrogen and oxygen atoms in total. The number of esters is 1. The van der Waals surface area contributed by atoms with Crippen molar-refractivity contribution >= 4 is 40.0 Å². The molecule has 0 aromatic carbocycles. The Balaban J connectivity index is 2.01. The van der Waals surface area contributed by atoms with Crippen molar-refractivity contribution in [2.75, 3.05) is 31.4 Å². The molecule has 0 aliphatic carbocycles. The van der Waals surface area contributed by atoms with Crippen LogP contribution in [0.2, 0.25) is 5.15 Å². The van der Waals surface area contributed by atoms with E-state index in [1.165, 1.54) is 7.11 Å². The average Bonchev–Trinajstić information content (AvgIpc) is 3.02. The fourth-order valence-electron chi connectivity index (χ4n) is 1.25. The maximum atomic E-state index is 11.4. The number of methoxy groups -OCH3 is 1. The van der Waals surface area contributed by atoms with Gasteiger partial charge in [0.05, 0.1) is 13.7 Å². The summed E-state index contributed by atoms with van der Waals surface area (Å²) in [4.78, 5) is 21.5. The number of aromatic nitrogens is 3.